The SMILES string of the molecule is CCOC(=O)CC#Cc1cc(C)ccc1OC. The quantitative estimate of drug-likeness (QED) is 0.592. The van der Waals surface area contributed by atoms with E-state index in [9.17, 15) is 4.79 Å². The Bertz CT molecular complexity index is 452. The summed E-state index contributed by atoms with van der Waals surface area (Å²) >= 11 is 0. The van der Waals surface area contributed by atoms with Gasteiger partial charge in [0.25, 0.3) is 0 Å². The van der Waals surface area contributed by atoms with E-state index in [4.69, 9.17) is 9.47 Å². The summed E-state index contributed by atoms with van der Waals surface area (Å²) in [7, 11) is 1.60. The molecule has 3 nitrogen and oxygen atoms in total. The molecule has 0 atom stereocenters. The number of carbonyl (C=O) groups excluding carboxylic acids is 1. The molecule has 1 rings (SSSR count). The molecule has 0 aromatic heterocycles. The van der Waals surface area contributed by atoms with E-state index in [0.29, 0.717) is 12.4 Å². The topological polar surface area (TPSA) is 35.5 Å². The second-order valence-corrected chi connectivity index (χ2v) is 3.49. The molecule has 17 heavy (non-hydrogen) atoms. The fraction of sp³-hybridized carbons (Fsp3) is 0.357. The maximum absolute atomic E-state index is 11.1. The molecule has 1 aromatic rings. The van der Waals surface area contributed by atoms with Crippen LogP contribution in [0.5, 0.6) is 5.75 Å². The van der Waals surface area contributed by atoms with Crippen molar-refractivity contribution in [1.29, 1.82) is 0 Å². The molecule has 0 spiro atoms. The minimum absolute atomic E-state index is 0.102. The van der Waals surface area contributed by atoms with Crippen LogP contribution in [-0.2, 0) is 9.53 Å². The number of carbonyl (C=O) groups is 1. The minimum Gasteiger partial charge on any atom is -0.495 e. The van der Waals surface area contributed by atoms with Crippen molar-refractivity contribution in [2.24, 2.45) is 0 Å². The van der Waals surface area contributed by atoms with Gasteiger partial charge in [-0.25, -0.2) is 0 Å². The largest absolute Gasteiger partial charge is 0.495 e. The molecule has 1 aromatic carbocycles. The maximum Gasteiger partial charge on any atom is 0.317 e. The van der Waals surface area contributed by atoms with E-state index in [1.165, 1.54) is 0 Å². The Labute approximate surface area is 102 Å². The minimum atomic E-state index is -0.299. The lowest BCUT2D eigenvalue weighted by molar-refractivity contribution is -0.141. The molecule has 3 heteroatoms. The first kappa shape index (κ1) is 13.1. The normalized spacial score (nSPS) is 9.12. The van der Waals surface area contributed by atoms with Gasteiger partial charge in [0.1, 0.15) is 12.2 Å². The Morgan fingerprint density at radius 3 is 2.82 bits per heavy atom. The van der Waals surface area contributed by atoms with Crippen molar-refractivity contribution in [2.45, 2.75) is 20.3 Å². The molecule has 0 unspecified atom stereocenters. The van der Waals surface area contributed by atoms with E-state index in [1.807, 2.05) is 25.1 Å². The van der Waals surface area contributed by atoms with Crippen LogP contribution in [-0.4, -0.2) is 19.7 Å². The highest BCUT2D eigenvalue weighted by Gasteiger charge is 2.00. The standard InChI is InChI=1S/C14H16O3/c1-4-17-14(15)7-5-6-12-10-11(2)8-9-13(12)16-3/h8-10H,4,7H2,1-3H3. The van der Waals surface area contributed by atoms with Crippen LogP contribution in [0.2, 0.25) is 0 Å². The molecule has 0 bridgehead atoms. The predicted octanol–water partition coefficient (Wildman–Crippen LogP) is 2.31. The lowest BCUT2D eigenvalue weighted by Crippen LogP contribution is -2.01. The van der Waals surface area contributed by atoms with E-state index in [1.54, 1.807) is 14.0 Å². The number of esters is 1. The molecule has 90 valence electrons. The summed E-state index contributed by atoms with van der Waals surface area (Å²) in [4.78, 5) is 11.1. The molecular formula is C14H16O3. The van der Waals surface area contributed by atoms with Crippen LogP contribution in [0.1, 0.15) is 24.5 Å². The van der Waals surface area contributed by atoms with E-state index in [-0.39, 0.29) is 12.4 Å². The summed E-state index contributed by atoms with van der Waals surface area (Å²) in [5, 5.41) is 0. The zero-order valence-electron chi connectivity index (χ0n) is 10.4. The number of ether oxygens (including phenoxy) is 2. The van der Waals surface area contributed by atoms with E-state index in [2.05, 4.69) is 11.8 Å². The molecular weight excluding hydrogens is 216 g/mol. The molecule has 0 aliphatic rings. The van der Waals surface area contributed by atoms with Gasteiger partial charge in [0.2, 0.25) is 0 Å². The number of hydrogen-bond acceptors (Lipinski definition) is 3. The number of hydrogen-bond donors (Lipinski definition) is 0. The van der Waals surface area contributed by atoms with Gasteiger partial charge in [-0.15, -0.1) is 0 Å². The number of methoxy groups -OCH3 is 1. The summed E-state index contributed by atoms with van der Waals surface area (Å²) in [5.41, 5.74) is 1.89. The van der Waals surface area contributed by atoms with Gasteiger partial charge < -0.3 is 9.47 Å². The lowest BCUT2D eigenvalue weighted by Gasteiger charge is -2.03. The smallest absolute Gasteiger partial charge is 0.317 e. The Morgan fingerprint density at radius 1 is 1.41 bits per heavy atom. The van der Waals surface area contributed by atoms with Crippen molar-refractivity contribution < 1.29 is 14.3 Å². The van der Waals surface area contributed by atoms with Gasteiger partial charge in [0.15, 0.2) is 0 Å². The van der Waals surface area contributed by atoms with Crippen LogP contribution in [0, 0.1) is 18.8 Å². The zero-order chi connectivity index (χ0) is 12.7. The molecule has 0 heterocycles. The third kappa shape index (κ3) is 4.20. The molecule has 0 radical (unpaired) electrons. The molecule has 0 amide bonds. The van der Waals surface area contributed by atoms with Gasteiger partial charge in [-0.3, -0.25) is 4.79 Å². The average Bonchev–Trinajstić information content (AvgIpc) is 2.30. The summed E-state index contributed by atoms with van der Waals surface area (Å²) in [6.07, 6.45) is 0.102. The third-order valence-electron chi connectivity index (χ3n) is 2.12. The van der Waals surface area contributed by atoms with E-state index >= 15 is 0 Å². The molecule has 0 saturated heterocycles. The first-order valence-corrected chi connectivity index (χ1v) is 5.46. The Balaban J connectivity index is 2.77. The molecule has 0 fully saturated rings. The van der Waals surface area contributed by atoms with Crippen LogP contribution < -0.4 is 4.74 Å². The highest BCUT2D eigenvalue weighted by atomic mass is 16.5. The summed E-state index contributed by atoms with van der Waals surface area (Å²) in [6, 6.07) is 5.75. The second-order valence-electron chi connectivity index (χ2n) is 3.49. The summed E-state index contributed by atoms with van der Waals surface area (Å²) < 4.78 is 9.97. The molecule has 0 N–H and O–H groups in total. The average molecular weight is 232 g/mol. The van der Waals surface area contributed by atoms with Crippen LogP contribution in [0.3, 0.4) is 0 Å². The van der Waals surface area contributed by atoms with Gasteiger partial charge in [-0.05, 0) is 31.5 Å². The Hall–Kier alpha value is -1.95. The Kier molecular flexibility index (Phi) is 5.09. The maximum atomic E-state index is 11.1. The summed E-state index contributed by atoms with van der Waals surface area (Å²) in [5.74, 6) is 6.12. The number of aryl methyl sites for hydroxylation is 1. The number of benzene rings is 1. The van der Waals surface area contributed by atoms with Crippen molar-refractivity contribution in [3.63, 3.8) is 0 Å². The molecule has 0 saturated carbocycles. The first-order valence-electron chi connectivity index (χ1n) is 5.46. The van der Waals surface area contributed by atoms with Crippen molar-refractivity contribution in [3.8, 4) is 17.6 Å². The van der Waals surface area contributed by atoms with Gasteiger partial charge in [0, 0.05) is 0 Å². The molecule has 0 aliphatic heterocycles. The van der Waals surface area contributed by atoms with Gasteiger partial charge in [-0.1, -0.05) is 17.9 Å². The van der Waals surface area contributed by atoms with E-state index in [0.717, 1.165) is 11.1 Å². The second kappa shape index (κ2) is 6.59. The van der Waals surface area contributed by atoms with Gasteiger partial charge in [-0.2, -0.15) is 0 Å². The van der Waals surface area contributed by atoms with Crippen LogP contribution in [0.15, 0.2) is 18.2 Å². The fourth-order valence-electron chi connectivity index (χ4n) is 1.34. The van der Waals surface area contributed by atoms with Crippen molar-refractivity contribution in [1.82, 2.24) is 0 Å². The number of rotatable bonds is 3. The Morgan fingerprint density at radius 2 is 2.18 bits per heavy atom. The van der Waals surface area contributed by atoms with Crippen LogP contribution >= 0.6 is 0 Å². The highest BCUT2D eigenvalue weighted by molar-refractivity contribution is 5.72. The zero-order valence-corrected chi connectivity index (χ0v) is 10.4. The van der Waals surface area contributed by atoms with Crippen LogP contribution in [0.25, 0.3) is 0 Å². The van der Waals surface area contributed by atoms with Crippen LogP contribution in [0.4, 0.5) is 0 Å². The van der Waals surface area contributed by atoms with Gasteiger partial charge in [0.05, 0.1) is 19.3 Å². The van der Waals surface area contributed by atoms with Crippen molar-refractivity contribution in [2.75, 3.05) is 13.7 Å². The predicted molar refractivity (Wildman–Crippen MR) is 65.9 cm³/mol. The lowest BCUT2D eigenvalue weighted by atomic mass is 10.1. The fourth-order valence-corrected chi connectivity index (χ4v) is 1.34. The first-order chi connectivity index (χ1) is 8.17. The van der Waals surface area contributed by atoms with E-state index < -0.39 is 0 Å². The molecule has 0 aliphatic carbocycles. The van der Waals surface area contributed by atoms with Crippen molar-refractivity contribution in [3.05, 3.63) is 29.3 Å². The van der Waals surface area contributed by atoms with Crippen molar-refractivity contribution >= 4 is 5.97 Å². The summed E-state index contributed by atoms with van der Waals surface area (Å²) in [6.45, 7) is 4.14. The van der Waals surface area contributed by atoms with Gasteiger partial charge >= 0.3 is 5.97 Å². The monoisotopic (exact) mass is 232 g/mol. The third-order valence-corrected chi connectivity index (χ3v) is 2.12. The highest BCUT2D eigenvalue weighted by Crippen LogP contribution is 2.18.